The summed E-state index contributed by atoms with van der Waals surface area (Å²) in [4.78, 5) is 12.0. The zero-order valence-electron chi connectivity index (χ0n) is 13.1. The fourth-order valence-corrected chi connectivity index (χ4v) is 2.89. The normalized spacial score (nSPS) is 11.5. The summed E-state index contributed by atoms with van der Waals surface area (Å²) in [7, 11) is 3.87. The molecule has 21 heavy (non-hydrogen) atoms. The average molecular weight is 302 g/mol. The van der Waals surface area contributed by atoms with E-state index in [0.29, 0.717) is 0 Å². The molecule has 5 heteroatoms. The highest BCUT2D eigenvalue weighted by molar-refractivity contribution is 7.11. The molecule has 2 aromatic rings. The Labute approximate surface area is 130 Å². The van der Waals surface area contributed by atoms with Crippen LogP contribution in [-0.4, -0.2) is 29.9 Å². The number of aryl methyl sites for hydroxylation is 2. The smallest absolute Gasteiger partial charge is 0.193 e. The van der Waals surface area contributed by atoms with Crippen LogP contribution in [-0.2, 0) is 13.1 Å². The number of rotatable bonds is 4. The molecule has 0 aliphatic carbocycles. The molecule has 0 saturated carbocycles. The summed E-state index contributed by atoms with van der Waals surface area (Å²) < 4.78 is 0. The van der Waals surface area contributed by atoms with Gasteiger partial charge in [0.2, 0.25) is 0 Å². The highest BCUT2D eigenvalue weighted by Gasteiger charge is 2.08. The fraction of sp³-hybridized carbons (Fsp3) is 0.375. The third kappa shape index (κ3) is 4.29. The molecule has 1 aromatic heterocycles. The number of thiazole rings is 1. The zero-order valence-corrected chi connectivity index (χ0v) is 13.9. The largest absolute Gasteiger partial charge is 0.351 e. The SMILES string of the molecule is CN=C(NCc1cnc(C)s1)N(C)Cc1ccccc1C. The minimum absolute atomic E-state index is 0.760. The second kappa shape index (κ2) is 7.22. The fourth-order valence-electron chi connectivity index (χ4n) is 2.16. The molecule has 0 saturated heterocycles. The molecule has 0 aliphatic rings. The molecule has 0 atom stereocenters. The van der Waals surface area contributed by atoms with E-state index in [1.165, 1.54) is 16.0 Å². The summed E-state index contributed by atoms with van der Waals surface area (Å²) in [5.74, 6) is 0.893. The molecule has 1 heterocycles. The first-order valence-electron chi connectivity index (χ1n) is 6.97. The molecule has 0 unspecified atom stereocenters. The summed E-state index contributed by atoms with van der Waals surface area (Å²) in [5, 5.41) is 4.48. The molecule has 0 fully saturated rings. The lowest BCUT2D eigenvalue weighted by molar-refractivity contribution is 0.475. The Morgan fingerprint density at radius 3 is 2.71 bits per heavy atom. The van der Waals surface area contributed by atoms with Crippen LogP contribution >= 0.6 is 11.3 Å². The molecule has 0 amide bonds. The predicted molar refractivity (Wildman–Crippen MR) is 89.7 cm³/mol. The first-order valence-corrected chi connectivity index (χ1v) is 7.79. The second-order valence-electron chi connectivity index (χ2n) is 5.03. The van der Waals surface area contributed by atoms with Crippen molar-refractivity contribution < 1.29 is 0 Å². The lowest BCUT2D eigenvalue weighted by Gasteiger charge is -2.22. The number of aliphatic imine (C=N–C) groups is 1. The van der Waals surface area contributed by atoms with E-state index >= 15 is 0 Å². The molecule has 0 bridgehead atoms. The van der Waals surface area contributed by atoms with Crippen LogP contribution in [0.5, 0.6) is 0 Å². The van der Waals surface area contributed by atoms with Gasteiger partial charge in [-0.25, -0.2) is 4.98 Å². The van der Waals surface area contributed by atoms with Gasteiger partial charge in [-0.2, -0.15) is 0 Å². The van der Waals surface area contributed by atoms with Gasteiger partial charge in [-0.3, -0.25) is 4.99 Å². The van der Waals surface area contributed by atoms with Gasteiger partial charge in [0.15, 0.2) is 5.96 Å². The summed E-state index contributed by atoms with van der Waals surface area (Å²) in [5.41, 5.74) is 2.62. The molecule has 112 valence electrons. The number of aromatic nitrogens is 1. The molecular formula is C16H22N4S. The van der Waals surface area contributed by atoms with Crippen LogP contribution in [0, 0.1) is 13.8 Å². The quantitative estimate of drug-likeness (QED) is 0.697. The van der Waals surface area contributed by atoms with E-state index in [1.807, 2.05) is 20.2 Å². The Bertz CT molecular complexity index is 618. The monoisotopic (exact) mass is 302 g/mol. The molecule has 1 aromatic carbocycles. The van der Waals surface area contributed by atoms with E-state index in [-0.39, 0.29) is 0 Å². The summed E-state index contributed by atoms with van der Waals surface area (Å²) in [6.45, 7) is 5.76. The van der Waals surface area contributed by atoms with Crippen LogP contribution in [0.4, 0.5) is 0 Å². The maximum absolute atomic E-state index is 4.35. The number of guanidine groups is 1. The van der Waals surface area contributed by atoms with Gasteiger partial charge in [0.1, 0.15) is 0 Å². The van der Waals surface area contributed by atoms with Crippen molar-refractivity contribution in [2.45, 2.75) is 26.9 Å². The van der Waals surface area contributed by atoms with Crippen molar-refractivity contribution in [3.05, 3.63) is 51.5 Å². The molecule has 2 rings (SSSR count). The minimum atomic E-state index is 0.760. The van der Waals surface area contributed by atoms with Crippen LogP contribution in [0.15, 0.2) is 35.5 Å². The third-order valence-corrected chi connectivity index (χ3v) is 4.24. The third-order valence-electron chi connectivity index (χ3n) is 3.33. The molecule has 1 N–H and O–H groups in total. The highest BCUT2D eigenvalue weighted by atomic mass is 32.1. The van der Waals surface area contributed by atoms with E-state index in [4.69, 9.17) is 0 Å². The van der Waals surface area contributed by atoms with Crippen LogP contribution in [0.2, 0.25) is 0 Å². The topological polar surface area (TPSA) is 40.5 Å². The van der Waals surface area contributed by atoms with Crippen LogP contribution < -0.4 is 5.32 Å². The zero-order chi connectivity index (χ0) is 15.2. The Morgan fingerprint density at radius 1 is 1.33 bits per heavy atom. The number of nitrogens with one attached hydrogen (secondary N) is 1. The first-order chi connectivity index (χ1) is 10.1. The maximum atomic E-state index is 4.35. The number of benzene rings is 1. The Morgan fingerprint density at radius 2 is 2.10 bits per heavy atom. The van der Waals surface area contributed by atoms with Gasteiger partial charge in [-0.1, -0.05) is 24.3 Å². The number of nitrogens with zero attached hydrogens (tertiary/aromatic N) is 3. The highest BCUT2D eigenvalue weighted by Crippen LogP contribution is 2.12. The lowest BCUT2D eigenvalue weighted by Crippen LogP contribution is -2.38. The van der Waals surface area contributed by atoms with Crippen molar-refractivity contribution >= 4 is 17.3 Å². The molecule has 0 radical (unpaired) electrons. The van der Waals surface area contributed by atoms with E-state index in [9.17, 15) is 0 Å². The van der Waals surface area contributed by atoms with Gasteiger partial charge < -0.3 is 10.2 Å². The minimum Gasteiger partial charge on any atom is -0.351 e. The van der Waals surface area contributed by atoms with E-state index in [0.717, 1.165) is 24.1 Å². The summed E-state index contributed by atoms with van der Waals surface area (Å²) in [6, 6.07) is 8.44. The van der Waals surface area contributed by atoms with Crippen molar-refractivity contribution in [3.8, 4) is 0 Å². The number of hydrogen-bond acceptors (Lipinski definition) is 3. The van der Waals surface area contributed by atoms with Crippen LogP contribution in [0.25, 0.3) is 0 Å². The first kappa shape index (κ1) is 15.5. The molecule has 0 aliphatic heterocycles. The molecule has 0 spiro atoms. The lowest BCUT2D eigenvalue weighted by atomic mass is 10.1. The van der Waals surface area contributed by atoms with Gasteiger partial charge in [0.25, 0.3) is 0 Å². The van der Waals surface area contributed by atoms with E-state index in [2.05, 4.69) is 58.4 Å². The van der Waals surface area contributed by atoms with Gasteiger partial charge in [-0.15, -0.1) is 11.3 Å². The van der Waals surface area contributed by atoms with Gasteiger partial charge in [0, 0.05) is 31.7 Å². The van der Waals surface area contributed by atoms with Gasteiger partial charge in [0.05, 0.1) is 11.6 Å². The van der Waals surface area contributed by atoms with Gasteiger partial charge in [-0.05, 0) is 25.0 Å². The Kier molecular flexibility index (Phi) is 5.33. The van der Waals surface area contributed by atoms with Crippen molar-refractivity contribution in [1.82, 2.24) is 15.2 Å². The van der Waals surface area contributed by atoms with Crippen LogP contribution in [0.3, 0.4) is 0 Å². The van der Waals surface area contributed by atoms with Crippen molar-refractivity contribution in [3.63, 3.8) is 0 Å². The van der Waals surface area contributed by atoms with Crippen molar-refractivity contribution in [2.24, 2.45) is 4.99 Å². The standard InChI is InChI=1S/C16H22N4S/c1-12-7-5-6-8-14(12)11-20(4)16(17-3)19-10-15-9-18-13(2)21-15/h5-9H,10-11H2,1-4H3,(H,17,19). The van der Waals surface area contributed by atoms with E-state index < -0.39 is 0 Å². The molecule has 4 nitrogen and oxygen atoms in total. The van der Waals surface area contributed by atoms with Crippen molar-refractivity contribution in [2.75, 3.05) is 14.1 Å². The van der Waals surface area contributed by atoms with Gasteiger partial charge >= 0.3 is 0 Å². The summed E-state index contributed by atoms with van der Waals surface area (Å²) >= 11 is 1.71. The van der Waals surface area contributed by atoms with Crippen LogP contribution in [0.1, 0.15) is 21.0 Å². The second-order valence-corrected chi connectivity index (χ2v) is 6.35. The van der Waals surface area contributed by atoms with E-state index in [1.54, 1.807) is 11.3 Å². The van der Waals surface area contributed by atoms with Crippen molar-refractivity contribution in [1.29, 1.82) is 0 Å². The molecular weight excluding hydrogens is 280 g/mol. The maximum Gasteiger partial charge on any atom is 0.193 e. The summed E-state index contributed by atoms with van der Waals surface area (Å²) in [6.07, 6.45) is 1.92. The Hall–Kier alpha value is -1.88. The Balaban J connectivity index is 1.96. The average Bonchev–Trinajstić information content (AvgIpc) is 2.88. The predicted octanol–water partition coefficient (Wildman–Crippen LogP) is 2.97. The number of hydrogen-bond donors (Lipinski definition) is 1.